The summed E-state index contributed by atoms with van der Waals surface area (Å²) in [4.78, 5) is 12.9. The average Bonchev–Trinajstić information content (AvgIpc) is 2.47. The predicted octanol–water partition coefficient (Wildman–Crippen LogP) is 3.25. The Morgan fingerprint density at radius 1 is 1.15 bits per heavy atom. The van der Waals surface area contributed by atoms with Crippen molar-refractivity contribution in [3.8, 4) is 0 Å². The third kappa shape index (κ3) is 2.44. The van der Waals surface area contributed by atoms with E-state index in [9.17, 15) is 4.79 Å². The van der Waals surface area contributed by atoms with Gasteiger partial charge in [0.1, 0.15) is 0 Å². The number of rotatable bonds is 2. The molecule has 2 N–H and O–H groups in total. The lowest BCUT2D eigenvalue weighted by Crippen LogP contribution is -2.35. The molecule has 3 nitrogen and oxygen atoms in total. The second-order valence-corrected chi connectivity index (χ2v) is 6.53. The smallest absolute Gasteiger partial charge is 0.255 e. The molecule has 1 fully saturated rings. The maximum Gasteiger partial charge on any atom is 0.255 e. The van der Waals surface area contributed by atoms with Gasteiger partial charge in [0.25, 0.3) is 5.56 Å². The molecule has 0 aliphatic heterocycles. The van der Waals surface area contributed by atoms with Gasteiger partial charge >= 0.3 is 0 Å². The lowest BCUT2D eigenvalue weighted by atomic mass is 9.90. The number of fused-ring (bicyclic) bond motifs is 1. The van der Waals surface area contributed by atoms with Crippen LogP contribution in [0.3, 0.4) is 0 Å². The molecule has 1 unspecified atom stereocenters. The molecule has 0 radical (unpaired) electrons. The van der Waals surface area contributed by atoms with Gasteiger partial charge in [-0.15, -0.1) is 0 Å². The highest BCUT2D eigenvalue weighted by Crippen LogP contribution is 2.31. The highest BCUT2D eigenvalue weighted by molar-refractivity contribution is 5.31. The third-order valence-corrected chi connectivity index (χ3v) is 5.00. The van der Waals surface area contributed by atoms with Gasteiger partial charge in [-0.1, -0.05) is 19.3 Å². The normalized spacial score (nSPS) is 21.5. The van der Waals surface area contributed by atoms with Gasteiger partial charge in [-0.2, -0.15) is 0 Å². The quantitative estimate of drug-likeness (QED) is 0.900. The molecule has 0 saturated heterocycles. The second-order valence-electron chi connectivity index (χ2n) is 6.53. The zero-order valence-corrected chi connectivity index (χ0v) is 12.5. The Bertz CT molecular complexity index is 539. The van der Waals surface area contributed by atoms with Crippen LogP contribution in [0, 0.1) is 0 Å². The molecule has 3 rings (SSSR count). The van der Waals surface area contributed by atoms with E-state index < -0.39 is 0 Å². The number of nitrogens with zero attached hydrogens (tertiary/aromatic N) is 1. The highest BCUT2D eigenvalue weighted by Gasteiger charge is 2.24. The highest BCUT2D eigenvalue weighted by atomic mass is 16.1. The predicted molar refractivity (Wildman–Crippen MR) is 82.1 cm³/mol. The molecule has 0 aromatic carbocycles. The summed E-state index contributed by atoms with van der Waals surface area (Å²) in [5.41, 5.74) is 9.74. The monoisotopic (exact) mass is 274 g/mol. The lowest BCUT2D eigenvalue weighted by molar-refractivity contribution is 0.333. The molecular formula is C17H26N2O. The van der Waals surface area contributed by atoms with Crippen LogP contribution in [-0.2, 0) is 12.8 Å². The molecule has 2 aliphatic carbocycles. The number of hydrogen-bond donors (Lipinski definition) is 1. The van der Waals surface area contributed by atoms with E-state index in [0.29, 0.717) is 6.04 Å². The summed E-state index contributed by atoms with van der Waals surface area (Å²) in [6.07, 6.45) is 10.8. The lowest BCUT2D eigenvalue weighted by Gasteiger charge is -2.31. The van der Waals surface area contributed by atoms with Gasteiger partial charge in [0.2, 0.25) is 0 Å². The van der Waals surface area contributed by atoms with E-state index in [0.717, 1.165) is 31.2 Å². The summed E-state index contributed by atoms with van der Waals surface area (Å²) < 4.78 is 2.15. The van der Waals surface area contributed by atoms with Crippen molar-refractivity contribution in [2.45, 2.75) is 76.8 Å². The Morgan fingerprint density at radius 2 is 1.85 bits per heavy atom. The second kappa shape index (κ2) is 5.72. The Kier molecular flexibility index (Phi) is 3.97. The Morgan fingerprint density at radius 3 is 2.55 bits per heavy atom. The van der Waals surface area contributed by atoms with E-state index >= 15 is 0 Å². The van der Waals surface area contributed by atoms with E-state index in [4.69, 9.17) is 5.73 Å². The number of pyridine rings is 1. The zero-order valence-electron chi connectivity index (χ0n) is 12.5. The van der Waals surface area contributed by atoms with Crippen LogP contribution in [0.4, 0.5) is 0 Å². The van der Waals surface area contributed by atoms with Gasteiger partial charge < -0.3 is 10.3 Å². The first-order valence-electron chi connectivity index (χ1n) is 8.21. The maximum atomic E-state index is 12.9. The van der Waals surface area contributed by atoms with E-state index in [1.807, 2.05) is 6.92 Å². The number of nitrogens with two attached hydrogens (primary N) is 1. The van der Waals surface area contributed by atoms with Crippen molar-refractivity contribution in [3.05, 3.63) is 33.2 Å². The molecule has 110 valence electrons. The molecule has 20 heavy (non-hydrogen) atoms. The van der Waals surface area contributed by atoms with Crippen molar-refractivity contribution in [1.29, 1.82) is 0 Å². The molecule has 0 spiro atoms. The number of hydrogen-bond acceptors (Lipinski definition) is 2. The summed E-state index contributed by atoms with van der Waals surface area (Å²) in [5, 5.41) is 0. The van der Waals surface area contributed by atoms with Crippen molar-refractivity contribution in [2.24, 2.45) is 5.73 Å². The largest absolute Gasteiger partial charge is 0.324 e. The van der Waals surface area contributed by atoms with Crippen LogP contribution in [-0.4, -0.2) is 4.57 Å². The van der Waals surface area contributed by atoms with Crippen LogP contribution in [0.5, 0.6) is 0 Å². The minimum absolute atomic E-state index is 0.162. The summed E-state index contributed by atoms with van der Waals surface area (Å²) in [6.45, 7) is 1.93. The first-order chi connectivity index (χ1) is 9.68. The number of aromatic nitrogens is 1. The third-order valence-electron chi connectivity index (χ3n) is 5.00. The van der Waals surface area contributed by atoms with E-state index in [2.05, 4.69) is 10.6 Å². The maximum absolute atomic E-state index is 12.9. The van der Waals surface area contributed by atoms with E-state index in [1.54, 1.807) is 0 Å². The van der Waals surface area contributed by atoms with Crippen molar-refractivity contribution >= 4 is 0 Å². The molecule has 1 aromatic heterocycles. The molecule has 2 aliphatic rings. The molecule has 1 heterocycles. The van der Waals surface area contributed by atoms with Crippen LogP contribution in [0.15, 0.2) is 10.9 Å². The minimum atomic E-state index is -0.162. The van der Waals surface area contributed by atoms with Crippen LogP contribution >= 0.6 is 0 Å². The summed E-state index contributed by atoms with van der Waals surface area (Å²) in [6, 6.07) is 2.35. The van der Waals surface area contributed by atoms with Crippen LogP contribution < -0.4 is 11.3 Å². The van der Waals surface area contributed by atoms with Crippen molar-refractivity contribution < 1.29 is 0 Å². The van der Waals surface area contributed by atoms with Gasteiger partial charge in [0, 0.05) is 23.3 Å². The van der Waals surface area contributed by atoms with Crippen molar-refractivity contribution in [2.75, 3.05) is 0 Å². The molecule has 3 heteroatoms. The SMILES string of the molecule is CC(N)c1cc2c(n(C3CCCCC3)c1=O)CCCC2. The molecule has 1 aromatic rings. The van der Waals surface area contributed by atoms with Gasteiger partial charge in [0.15, 0.2) is 0 Å². The minimum Gasteiger partial charge on any atom is -0.324 e. The van der Waals surface area contributed by atoms with Crippen molar-refractivity contribution in [1.82, 2.24) is 4.57 Å². The molecule has 1 atom stereocenters. The fourth-order valence-electron chi connectivity index (χ4n) is 3.91. The first-order valence-corrected chi connectivity index (χ1v) is 8.21. The Hall–Kier alpha value is -1.09. The topological polar surface area (TPSA) is 48.0 Å². The Labute approximate surface area is 121 Å². The van der Waals surface area contributed by atoms with Gasteiger partial charge in [0.05, 0.1) is 0 Å². The summed E-state index contributed by atoms with van der Waals surface area (Å²) in [5.74, 6) is 0. The van der Waals surface area contributed by atoms with Crippen LogP contribution in [0.2, 0.25) is 0 Å². The zero-order chi connectivity index (χ0) is 14.1. The molecule has 0 amide bonds. The Balaban J connectivity index is 2.13. The summed E-state index contributed by atoms with van der Waals surface area (Å²) in [7, 11) is 0. The molecule has 1 saturated carbocycles. The average molecular weight is 274 g/mol. The van der Waals surface area contributed by atoms with E-state index in [1.165, 1.54) is 43.4 Å². The van der Waals surface area contributed by atoms with Crippen LogP contribution in [0.1, 0.15) is 80.8 Å². The molecular weight excluding hydrogens is 248 g/mol. The number of aryl methyl sites for hydroxylation is 1. The van der Waals surface area contributed by atoms with Gasteiger partial charge in [-0.3, -0.25) is 4.79 Å². The molecule has 0 bridgehead atoms. The fourth-order valence-corrected chi connectivity index (χ4v) is 3.91. The van der Waals surface area contributed by atoms with Gasteiger partial charge in [-0.05, 0) is 57.1 Å². The van der Waals surface area contributed by atoms with Crippen molar-refractivity contribution in [3.63, 3.8) is 0 Å². The van der Waals surface area contributed by atoms with E-state index in [-0.39, 0.29) is 11.6 Å². The summed E-state index contributed by atoms with van der Waals surface area (Å²) >= 11 is 0. The first kappa shape index (κ1) is 13.9. The van der Waals surface area contributed by atoms with Crippen LogP contribution in [0.25, 0.3) is 0 Å². The fraction of sp³-hybridized carbons (Fsp3) is 0.706. The standard InChI is InChI=1S/C17H26N2O/c1-12(18)15-11-13-7-5-6-10-16(13)19(17(15)20)14-8-3-2-4-9-14/h11-12,14H,2-10,18H2,1H3. The van der Waals surface area contributed by atoms with Gasteiger partial charge in [-0.25, -0.2) is 0 Å².